The number of H-pyrrole nitrogens is 2. The van der Waals surface area contributed by atoms with Gasteiger partial charge in [0.1, 0.15) is 28.7 Å². The first-order valence-electron chi connectivity index (χ1n) is 15.7. The third-order valence-corrected chi connectivity index (χ3v) is 7.78. The van der Waals surface area contributed by atoms with E-state index in [0.717, 1.165) is 44.5 Å². The van der Waals surface area contributed by atoms with Crippen LogP contribution in [0.4, 0.5) is 29.3 Å². The molecule has 0 bridgehead atoms. The first kappa shape index (κ1) is 36.7. The van der Waals surface area contributed by atoms with Gasteiger partial charge in [0, 0.05) is 53.2 Å². The van der Waals surface area contributed by atoms with E-state index in [0.29, 0.717) is 34.7 Å². The standard InChI is InChI=1S/C18H12F2N4.C18H13FN4.C2H6FN.CH4/c19-12-3-1-11(2-4-12)16-15(10-5-7-22-8-6-10)13-9-14(20)17(21)24-18(13)23-16;19-13-3-1-12(2-4-13)17-16(11-7-9-21-10-8-11)14-5-6-15(20)22-18(14)23-17;1-2-4-3;/h1-9H,(H3,21,23,24);1-10H,(H3,20,22,23);4H,2H2,1H3;1H4. The minimum absolute atomic E-state index is 0. The zero-order valence-corrected chi connectivity index (χ0v) is 27.1. The highest BCUT2D eigenvalue weighted by Crippen LogP contribution is 2.39. The van der Waals surface area contributed by atoms with Crippen LogP contribution in [0.3, 0.4) is 0 Å². The number of hydrogen-bond donors (Lipinski definition) is 5. The van der Waals surface area contributed by atoms with Gasteiger partial charge < -0.3 is 21.4 Å². The van der Waals surface area contributed by atoms with Crippen LogP contribution >= 0.6 is 0 Å². The molecule has 0 saturated carbocycles. The number of fused-ring (bicyclic) bond motifs is 2. The van der Waals surface area contributed by atoms with Crippen LogP contribution < -0.4 is 17.0 Å². The predicted octanol–water partition coefficient (Wildman–Crippen LogP) is 9.28. The van der Waals surface area contributed by atoms with E-state index in [1.165, 1.54) is 35.9 Å². The van der Waals surface area contributed by atoms with Crippen molar-refractivity contribution >= 4 is 33.7 Å². The summed E-state index contributed by atoms with van der Waals surface area (Å²) in [5, 5.41) is 1.57. The third kappa shape index (κ3) is 7.90. The Labute approximate surface area is 296 Å². The molecule has 6 heterocycles. The topological polar surface area (TPSA) is 147 Å². The molecule has 9 nitrogen and oxygen atoms in total. The summed E-state index contributed by atoms with van der Waals surface area (Å²) in [7, 11) is 0. The van der Waals surface area contributed by atoms with Crippen LogP contribution in [0.1, 0.15) is 14.4 Å². The van der Waals surface area contributed by atoms with Crippen molar-refractivity contribution in [2.45, 2.75) is 14.4 Å². The van der Waals surface area contributed by atoms with Crippen molar-refractivity contribution in [3.05, 3.63) is 133 Å². The lowest BCUT2D eigenvalue weighted by Gasteiger charge is -2.05. The highest BCUT2D eigenvalue weighted by Gasteiger charge is 2.19. The fourth-order valence-corrected chi connectivity index (χ4v) is 5.49. The number of hydrogen-bond acceptors (Lipinski definition) is 7. The number of pyridine rings is 4. The van der Waals surface area contributed by atoms with Crippen molar-refractivity contribution in [2.24, 2.45) is 0 Å². The van der Waals surface area contributed by atoms with Crippen LogP contribution in [0.25, 0.3) is 66.8 Å². The lowest BCUT2D eigenvalue weighted by molar-refractivity contribution is 0.346. The van der Waals surface area contributed by atoms with Gasteiger partial charge in [0.15, 0.2) is 11.6 Å². The van der Waals surface area contributed by atoms with Crippen LogP contribution in [0.5, 0.6) is 0 Å². The fraction of sp³-hybridized carbons (Fsp3) is 0.0769. The van der Waals surface area contributed by atoms with E-state index in [1.807, 2.05) is 30.3 Å². The van der Waals surface area contributed by atoms with E-state index in [1.54, 1.807) is 62.0 Å². The summed E-state index contributed by atoms with van der Waals surface area (Å²) in [5.41, 5.74) is 20.8. The molecule has 264 valence electrons. The van der Waals surface area contributed by atoms with Crippen LogP contribution in [-0.2, 0) is 0 Å². The zero-order chi connectivity index (χ0) is 35.9. The number of nitrogen functional groups attached to an aromatic ring is 2. The van der Waals surface area contributed by atoms with E-state index in [2.05, 4.69) is 29.9 Å². The van der Waals surface area contributed by atoms with E-state index in [-0.39, 0.29) is 24.9 Å². The quantitative estimate of drug-likeness (QED) is 0.0886. The van der Waals surface area contributed by atoms with Gasteiger partial charge in [-0.15, -0.1) is 4.48 Å². The molecule has 0 amide bonds. The largest absolute Gasteiger partial charge is 0.384 e. The zero-order valence-electron chi connectivity index (χ0n) is 27.1. The Bertz CT molecular complexity index is 2380. The molecular formula is C39H35F4N9. The molecule has 0 aliphatic carbocycles. The molecule has 6 aromatic heterocycles. The molecule has 0 spiro atoms. The Hall–Kier alpha value is -6.60. The Balaban J connectivity index is 0.000000180. The van der Waals surface area contributed by atoms with Gasteiger partial charge in [-0.05, 0) is 113 Å². The Morgan fingerprint density at radius 3 is 1.50 bits per heavy atom. The molecule has 0 fully saturated rings. The van der Waals surface area contributed by atoms with E-state index in [9.17, 15) is 17.7 Å². The van der Waals surface area contributed by atoms with E-state index >= 15 is 0 Å². The lowest BCUT2D eigenvalue weighted by atomic mass is 10.00. The summed E-state index contributed by atoms with van der Waals surface area (Å²) in [6.07, 6.45) is 6.80. The lowest BCUT2D eigenvalue weighted by Crippen LogP contribution is -1.94. The summed E-state index contributed by atoms with van der Waals surface area (Å²) in [6.45, 7) is 2.10. The Morgan fingerprint density at radius 2 is 1.04 bits per heavy atom. The third-order valence-electron chi connectivity index (χ3n) is 7.78. The van der Waals surface area contributed by atoms with E-state index in [4.69, 9.17) is 11.5 Å². The fourth-order valence-electron chi connectivity index (χ4n) is 5.49. The molecule has 0 aliphatic heterocycles. The van der Waals surface area contributed by atoms with Gasteiger partial charge in [-0.1, -0.05) is 14.4 Å². The van der Waals surface area contributed by atoms with Crippen LogP contribution in [0.15, 0.2) is 116 Å². The van der Waals surface area contributed by atoms with Crippen molar-refractivity contribution in [1.29, 1.82) is 0 Å². The SMILES string of the molecule is C.CCNF.Nc1ccc2c(-c3ccncc3)c(-c3ccc(F)cc3)[nH]c2n1.Nc1nc2[nH]c(-c3ccc(F)cc3)c(-c3ccncc3)c2cc1F. The molecule has 0 atom stereocenters. The minimum atomic E-state index is -0.581. The van der Waals surface area contributed by atoms with Gasteiger partial charge in [-0.2, -0.15) is 5.54 Å². The molecule has 0 aliphatic rings. The van der Waals surface area contributed by atoms with Crippen LogP contribution in [0, 0.1) is 17.5 Å². The normalized spacial score (nSPS) is 10.6. The van der Waals surface area contributed by atoms with Crippen LogP contribution in [0.2, 0.25) is 0 Å². The average Bonchev–Trinajstić information content (AvgIpc) is 3.71. The minimum Gasteiger partial charge on any atom is -0.384 e. The molecule has 0 radical (unpaired) electrons. The summed E-state index contributed by atoms with van der Waals surface area (Å²) in [4.78, 5) is 23.0. The van der Waals surface area contributed by atoms with Gasteiger partial charge in [-0.3, -0.25) is 9.97 Å². The molecule has 0 unspecified atom stereocenters. The second-order valence-corrected chi connectivity index (χ2v) is 11.1. The smallest absolute Gasteiger partial charge is 0.166 e. The number of aromatic amines is 2. The molecule has 2 aromatic carbocycles. The molecular weight excluding hydrogens is 670 g/mol. The number of nitrogens with two attached hydrogens (primary N) is 2. The highest BCUT2D eigenvalue weighted by atomic mass is 19.2. The van der Waals surface area contributed by atoms with Crippen molar-refractivity contribution in [1.82, 2.24) is 35.4 Å². The number of aromatic nitrogens is 6. The molecule has 13 heteroatoms. The van der Waals surface area contributed by atoms with Crippen molar-refractivity contribution in [3.8, 4) is 44.8 Å². The highest BCUT2D eigenvalue weighted by molar-refractivity contribution is 6.03. The maximum absolute atomic E-state index is 13.9. The molecule has 52 heavy (non-hydrogen) atoms. The van der Waals surface area contributed by atoms with Gasteiger partial charge in [0.05, 0.1) is 11.4 Å². The average molecular weight is 706 g/mol. The Kier molecular flexibility index (Phi) is 11.6. The van der Waals surface area contributed by atoms with Gasteiger partial charge in [0.2, 0.25) is 0 Å². The maximum atomic E-state index is 13.9. The number of benzene rings is 2. The maximum Gasteiger partial charge on any atom is 0.166 e. The number of nitrogens with zero attached hydrogens (tertiary/aromatic N) is 4. The van der Waals surface area contributed by atoms with Crippen LogP contribution in [-0.4, -0.2) is 36.4 Å². The van der Waals surface area contributed by atoms with E-state index < -0.39 is 5.82 Å². The molecule has 8 rings (SSSR count). The number of halogens is 4. The number of rotatable bonds is 5. The van der Waals surface area contributed by atoms with Gasteiger partial charge in [-0.25, -0.2) is 23.1 Å². The van der Waals surface area contributed by atoms with Crippen molar-refractivity contribution in [2.75, 3.05) is 18.0 Å². The van der Waals surface area contributed by atoms with Crippen molar-refractivity contribution < 1.29 is 17.7 Å². The first-order valence-corrected chi connectivity index (χ1v) is 15.7. The van der Waals surface area contributed by atoms with Gasteiger partial charge in [0.25, 0.3) is 0 Å². The molecule has 7 N–H and O–H groups in total. The Morgan fingerprint density at radius 1 is 0.596 bits per heavy atom. The second-order valence-electron chi connectivity index (χ2n) is 11.1. The second kappa shape index (κ2) is 16.4. The monoisotopic (exact) mass is 705 g/mol. The summed E-state index contributed by atoms with van der Waals surface area (Å²) >= 11 is 0. The summed E-state index contributed by atoms with van der Waals surface area (Å²) in [6, 6.07) is 25.0. The number of nitrogens with one attached hydrogen (secondary N) is 3. The predicted molar refractivity (Wildman–Crippen MR) is 200 cm³/mol. The molecule has 0 saturated heterocycles. The van der Waals surface area contributed by atoms with Gasteiger partial charge >= 0.3 is 0 Å². The number of anilines is 2. The summed E-state index contributed by atoms with van der Waals surface area (Å²) < 4.78 is 50.9. The summed E-state index contributed by atoms with van der Waals surface area (Å²) in [5.74, 6) is -0.893. The van der Waals surface area contributed by atoms with Crippen molar-refractivity contribution in [3.63, 3.8) is 0 Å². The first-order chi connectivity index (χ1) is 24.8. The molecule has 8 aromatic rings.